The molecular formula is C22H22INO5S. The minimum Gasteiger partial charge on any atom is -0.591 e. The van der Waals surface area contributed by atoms with Crippen molar-refractivity contribution in [3.05, 3.63) is 62.9 Å². The van der Waals surface area contributed by atoms with E-state index >= 15 is 0 Å². The van der Waals surface area contributed by atoms with Gasteiger partial charge in [0.1, 0.15) is 40.3 Å². The van der Waals surface area contributed by atoms with E-state index in [2.05, 4.69) is 27.0 Å². The highest BCUT2D eigenvalue weighted by molar-refractivity contribution is 14.1. The Hall–Kier alpha value is -2.04. The molecule has 0 saturated carbocycles. The molecule has 1 heterocycles. The molecule has 1 atom stereocenters. The Morgan fingerprint density at radius 1 is 1.30 bits per heavy atom. The summed E-state index contributed by atoms with van der Waals surface area (Å²) in [6.45, 7) is 5.89. The molecule has 8 heteroatoms. The molecule has 0 aliphatic heterocycles. The molecule has 0 bridgehead atoms. The Labute approximate surface area is 191 Å². The minimum absolute atomic E-state index is 0.0902. The van der Waals surface area contributed by atoms with Crippen molar-refractivity contribution in [2.24, 2.45) is 4.40 Å². The van der Waals surface area contributed by atoms with E-state index < -0.39 is 22.1 Å². The summed E-state index contributed by atoms with van der Waals surface area (Å²) in [5.74, 6) is 0.187. The lowest BCUT2D eigenvalue weighted by molar-refractivity contribution is -0.136. The van der Waals surface area contributed by atoms with Gasteiger partial charge in [0, 0.05) is 10.9 Å². The van der Waals surface area contributed by atoms with Crippen LogP contribution >= 0.6 is 22.6 Å². The first-order chi connectivity index (χ1) is 14.1. The fourth-order valence-corrected chi connectivity index (χ4v) is 4.05. The van der Waals surface area contributed by atoms with Crippen molar-refractivity contribution in [3.63, 3.8) is 0 Å². The molecule has 30 heavy (non-hydrogen) atoms. The fraction of sp³-hybridized carbons (Fsp3) is 0.273. The molecule has 3 rings (SSSR count). The van der Waals surface area contributed by atoms with Gasteiger partial charge in [-0.25, -0.2) is 0 Å². The summed E-state index contributed by atoms with van der Waals surface area (Å²) >= 11 is 0.843. The molecule has 1 aromatic heterocycles. The van der Waals surface area contributed by atoms with Gasteiger partial charge in [-0.15, -0.1) is 0 Å². The maximum atomic E-state index is 12.1. The molecule has 0 fully saturated rings. The molecule has 0 spiro atoms. The van der Waals surface area contributed by atoms with Crippen LogP contribution in [0.4, 0.5) is 0 Å². The van der Waals surface area contributed by atoms with E-state index in [0.29, 0.717) is 23.7 Å². The van der Waals surface area contributed by atoms with E-state index in [4.69, 9.17) is 14.3 Å². The van der Waals surface area contributed by atoms with Crippen LogP contribution in [0.3, 0.4) is 0 Å². The first-order valence-electron chi connectivity index (χ1n) is 9.24. The van der Waals surface area contributed by atoms with Gasteiger partial charge in [-0.1, -0.05) is 22.6 Å². The molecule has 0 radical (unpaired) electrons. The first kappa shape index (κ1) is 22.6. The third-order valence-corrected chi connectivity index (χ3v) is 6.30. The molecule has 6 nitrogen and oxygen atoms in total. The number of nitrogens with zero attached hydrogens (tertiary/aromatic N) is 1. The topological polar surface area (TPSA) is 95.1 Å². The van der Waals surface area contributed by atoms with Crippen molar-refractivity contribution in [2.45, 2.75) is 38.5 Å². The quantitative estimate of drug-likeness (QED) is 0.255. The van der Waals surface area contributed by atoms with Crippen molar-refractivity contribution in [2.75, 3.05) is 0 Å². The van der Waals surface area contributed by atoms with E-state index in [0.717, 1.165) is 20.1 Å². The van der Waals surface area contributed by atoms with Crippen LogP contribution in [0.5, 0.6) is 5.75 Å². The number of fused-ring (bicyclic) bond motifs is 1. The maximum absolute atomic E-state index is 12.1. The number of benzene rings is 2. The highest BCUT2D eigenvalue weighted by Gasteiger charge is 2.26. The van der Waals surface area contributed by atoms with Crippen molar-refractivity contribution in [3.8, 4) is 5.75 Å². The fourth-order valence-electron chi connectivity index (χ4n) is 2.71. The molecule has 3 aromatic rings. The smallest absolute Gasteiger partial charge is 0.307 e. The van der Waals surface area contributed by atoms with Crippen LogP contribution < -0.4 is 4.74 Å². The highest BCUT2D eigenvalue weighted by Crippen LogP contribution is 2.28. The van der Waals surface area contributed by atoms with Gasteiger partial charge < -0.3 is 18.8 Å². The molecule has 1 unspecified atom stereocenters. The Morgan fingerprint density at radius 2 is 2.03 bits per heavy atom. The zero-order chi connectivity index (χ0) is 21.9. The number of halogens is 1. The molecule has 0 saturated heterocycles. The number of carboxylic acids is 1. The number of aliphatic carboxylic acids is 1. The molecule has 0 aliphatic rings. The monoisotopic (exact) mass is 539 g/mol. The van der Waals surface area contributed by atoms with Crippen LogP contribution in [0.15, 0.2) is 51.3 Å². The summed E-state index contributed by atoms with van der Waals surface area (Å²) in [6, 6.07) is 12.9. The van der Waals surface area contributed by atoms with E-state index in [1.807, 2.05) is 45.0 Å². The van der Waals surface area contributed by atoms with Gasteiger partial charge in [-0.2, -0.15) is 0 Å². The number of furan rings is 1. The van der Waals surface area contributed by atoms with Crippen LogP contribution in [-0.4, -0.2) is 26.6 Å². The standard InChI is InChI=1S/C22H22INO5S/c1-22(2,3)30(27)24-12-17-10-16-8-14(9-18(23)21(16)29-17)13-28-19-7-5-4-6-15(19)11-20(25)26/h4-10,12H,11,13H2,1-3H3,(H,25,26)/b24-12-. The third-order valence-electron chi connectivity index (χ3n) is 4.16. The average Bonchev–Trinajstić information content (AvgIpc) is 3.08. The lowest BCUT2D eigenvalue weighted by atomic mass is 10.1. The summed E-state index contributed by atoms with van der Waals surface area (Å²) in [5.41, 5.74) is 2.29. The minimum atomic E-state index is -1.35. The molecular weight excluding hydrogens is 517 g/mol. The first-order valence-corrected chi connectivity index (χ1v) is 11.4. The van der Waals surface area contributed by atoms with E-state index in [1.165, 1.54) is 6.21 Å². The van der Waals surface area contributed by atoms with Crippen molar-refractivity contribution < 1.29 is 23.6 Å². The predicted molar refractivity (Wildman–Crippen MR) is 127 cm³/mol. The number of carboxylic acid groups (broad SMARTS) is 1. The Morgan fingerprint density at radius 3 is 2.73 bits per heavy atom. The normalized spacial score (nSPS) is 13.1. The molecule has 2 aromatic carbocycles. The summed E-state index contributed by atoms with van der Waals surface area (Å²) < 4.78 is 28.4. The van der Waals surface area contributed by atoms with Crippen LogP contribution in [0.2, 0.25) is 0 Å². The number of ether oxygens (including phenoxy) is 1. The number of rotatable bonds is 7. The zero-order valence-electron chi connectivity index (χ0n) is 16.8. The molecule has 158 valence electrons. The average molecular weight is 539 g/mol. The van der Waals surface area contributed by atoms with Gasteiger partial charge in [0.25, 0.3) is 0 Å². The Balaban J connectivity index is 1.79. The lowest BCUT2D eigenvalue weighted by Gasteiger charge is -2.17. The van der Waals surface area contributed by atoms with E-state index in [1.54, 1.807) is 18.2 Å². The Bertz CT molecular complexity index is 1090. The van der Waals surface area contributed by atoms with E-state index in [9.17, 15) is 9.35 Å². The SMILES string of the molecule is CC(C)(C)[S+]([O-])/N=C\c1cc2cc(COc3ccccc3CC(=O)O)cc(I)c2o1. The molecule has 1 N–H and O–H groups in total. The van der Waals surface area contributed by atoms with Crippen molar-refractivity contribution in [1.82, 2.24) is 0 Å². The number of hydrogen-bond donors (Lipinski definition) is 1. The highest BCUT2D eigenvalue weighted by atomic mass is 127. The van der Waals surface area contributed by atoms with Gasteiger partial charge in [0.2, 0.25) is 0 Å². The molecule has 0 aliphatic carbocycles. The zero-order valence-corrected chi connectivity index (χ0v) is 19.8. The van der Waals surface area contributed by atoms with Crippen LogP contribution in [0.25, 0.3) is 11.0 Å². The summed E-state index contributed by atoms with van der Waals surface area (Å²) in [4.78, 5) is 11.0. The lowest BCUT2D eigenvalue weighted by Crippen LogP contribution is -2.25. The number of hydrogen-bond acceptors (Lipinski definition) is 5. The van der Waals surface area contributed by atoms with Crippen molar-refractivity contribution >= 4 is 57.1 Å². The number of carbonyl (C=O) groups is 1. The van der Waals surface area contributed by atoms with Gasteiger partial charge in [0.15, 0.2) is 5.76 Å². The predicted octanol–water partition coefficient (Wildman–Crippen LogP) is 5.12. The second-order valence-corrected chi connectivity index (χ2v) is 10.8. The Kier molecular flexibility index (Phi) is 7.10. The summed E-state index contributed by atoms with van der Waals surface area (Å²) in [5, 5.41) is 9.95. The third kappa shape index (κ3) is 5.77. The second kappa shape index (κ2) is 9.40. The van der Waals surface area contributed by atoms with Crippen molar-refractivity contribution in [1.29, 1.82) is 0 Å². The van der Waals surface area contributed by atoms with Gasteiger partial charge in [-0.3, -0.25) is 4.79 Å². The van der Waals surface area contributed by atoms with Crippen LogP contribution in [0.1, 0.15) is 37.7 Å². The van der Waals surface area contributed by atoms with Gasteiger partial charge in [-0.05, 0) is 73.2 Å². The second-order valence-electron chi connectivity index (χ2n) is 7.71. The summed E-state index contributed by atoms with van der Waals surface area (Å²) in [7, 11) is 0. The van der Waals surface area contributed by atoms with Gasteiger partial charge in [0.05, 0.1) is 9.99 Å². The maximum Gasteiger partial charge on any atom is 0.307 e. The van der Waals surface area contributed by atoms with Gasteiger partial charge >= 0.3 is 5.97 Å². The van der Waals surface area contributed by atoms with Crippen LogP contribution in [0, 0.1) is 3.57 Å². The number of para-hydroxylation sites is 1. The summed E-state index contributed by atoms with van der Waals surface area (Å²) in [6.07, 6.45) is 1.41. The largest absolute Gasteiger partial charge is 0.591 e. The van der Waals surface area contributed by atoms with Crippen LogP contribution in [-0.2, 0) is 29.2 Å². The van der Waals surface area contributed by atoms with E-state index in [-0.39, 0.29) is 6.42 Å². The molecule has 0 amide bonds.